The third kappa shape index (κ3) is 5.34. The topological polar surface area (TPSA) is 127 Å². The van der Waals surface area contributed by atoms with E-state index in [1.54, 1.807) is 0 Å². The molecular formula is C9H18N2O4. The van der Waals surface area contributed by atoms with E-state index in [1.165, 1.54) is 6.92 Å². The fourth-order valence-corrected chi connectivity index (χ4v) is 1.09. The van der Waals surface area contributed by atoms with Gasteiger partial charge in [0, 0.05) is 0 Å². The molecule has 0 aliphatic heterocycles. The van der Waals surface area contributed by atoms with Gasteiger partial charge in [-0.25, -0.2) is 0 Å². The Morgan fingerprint density at radius 2 is 1.87 bits per heavy atom. The fraction of sp³-hybridized carbons (Fsp3) is 0.778. The van der Waals surface area contributed by atoms with Crippen LogP contribution in [0.2, 0.25) is 0 Å². The van der Waals surface area contributed by atoms with Gasteiger partial charge in [-0.15, -0.1) is 0 Å². The number of hydrogen-bond donors (Lipinski definition) is 4. The van der Waals surface area contributed by atoms with E-state index in [4.69, 9.17) is 21.7 Å². The minimum atomic E-state index is -1.24. The molecule has 88 valence electrons. The second-order valence-corrected chi connectivity index (χ2v) is 3.91. The van der Waals surface area contributed by atoms with Crippen molar-refractivity contribution in [2.45, 2.75) is 44.2 Å². The van der Waals surface area contributed by atoms with Crippen LogP contribution in [-0.2, 0) is 9.59 Å². The summed E-state index contributed by atoms with van der Waals surface area (Å²) in [5, 5.41) is 17.2. The van der Waals surface area contributed by atoms with Gasteiger partial charge in [0.25, 0.3) is 0 Å². The number of nitrogens with two attached hydrogens (primary N) is 2. The van der Waals surface area contributed by atoms with Gasteiger partial charge < -0.3 is 21.7 Å². The van der Waals surface area contributed by atoms with E-state index in [0.717, 1.165) is 0 Å². The molecule has 15 heavy (non-hydrogen) atoms. The van der Waals surface area contributed by atoms with E-state index < -0.39 is 23.5 Å². The molecule has 0 aliphatic rings. The van der Waals surface area contributed by atoms with Crippen LogP contribution >= 0.6 is 0 Å². The highest BCUT2D eigenvalue weighted by Crippen LogP contribution is 2.12. The summed E-state index contributed by atoms with van der Waals surface area (Å²) in [6.07, 6.45) is 1.77. The number of unbranched alkanes of at least 4 members (excludes halogenated alkanes) is 1. The summed E-state index contributed by atoms with van der Waals surface area (Å²) in [5.41, 5.74) is 9.53. The summed E-state index contributed by atoms with van der Waals surface area (Å²) in [6.45, 7) is 1.44. The predicted octanol–water partition coefficient (Wildman–Crippen LogP) is -0.239. The largest absolute Gasteiger partial charge is 0.480 e. The highest BCUT2D eigenvalue weighted by Gasteiger charge is 2.26. The van der Waals surface area contributed by atoms with Gasteiger partial charge in [-0.1, -0.05) is 12.8 Å². The van der Waals surface area contributed by atoms with Crippen molar-refractivity contribution in [1.82, 2.24) is 0 Å². The third-order valence-electron chi connectivity index (χ3n) is 2.27. The lowest BCUT2D eigenvalue weighted by atomic mass is 9.95. The van der Waals surface area contributed by atoms with Gasteiger partial charge in [-0.3, -0.25) is 9.59 Å². The smallest absolute Gasteiger partial charge is 0.323 e. The standard InChI is InChI=1S/C9H18N2O4/c1-9(11,8(14)15)5-3-2-4-6(10)7(12)13/h6H,2-5,10-11H2,1H3,(H,12,13)(H,14,15)/t6-,9-/m0/s1. The van der Waals surface area contributed by atoms with Crippen molar-refractivity contribution in [1.29, 1.82) is 0 Å². The summed E-state index contributed by atoms with van der Waals surface area (Å²) in [7, 11) is 0. The van der Waals surface area contributed by atoms with Crippen molar-refractivity contribution < 1.29 is 19.8 Å². The molecule has 0 heterocycles. The molecule has 6 N–H and O–H groups in total. The summed E-state index contributed by atoms with van der Waals surface area (Å²) < 4.78 is 0. The fourth-order valence-electron chi connectivity index (χ4n) is 1.09. The van der Waals surface area contributed by atoms with Gasteiger partial charge in [0.05, 0.1) is 0 Å². The first-order chi connectivity index (χ1) is 6.77. The molecule has 0 saturated heterocycles. The monoisotopic (exact) mass is 218 g/mol. The maximum Gasteiger partial charge on any atom is 0.323 e. The molecule has 0 aromatic heterocycles. The van der Waals surface area contributed by atoms with Crippen molar-refractivity contribution in [3.8, 4) is 0 Å². The molecule has 0 amide bonds. The van der Waals surface area contributed by atoms with Crippen LogP contribution in [-0.4, -0.2) is 33.7 Å². The highest BCUT2D eigenvalue weighted by atomic mass is 16.4. The molecule has 0 aromatic rings. The van der Waals surface area contributed by atoms with E-state index in [1.807, 2.05) is 0 Å². The molecular weight excluding hydrogens is 200 g/mol. The number of rotatable bonds is 7. The first kappa shape index (κ1) is 13.9. The number of carboxylic acids is 2. The van der Waals surface area contributed by atoms with Crippen molar-refractivity contribution >= 4 is 11.9 Å². The zero-order chi connectivity index (χ0) is 12.1. The molecule has 0 aromatic carbocycles. The van der Waals surface area contributed by atoms with Crippen LogP contribution in [0.3, 0.4) is 0 Å². The second kappa shape index (κ2) is 5.67. The Balaban J connectivity index is 3.72. The van der Waals surface area contributed by atoms with Crippen LogP contribution < -0.4 is 11.5 Å². The lowest BCUT2D eigenvalue weighted by Gasteiger charge is -2.18. The minimum Gasteiger partial charge on any atom is -0.480 e. The highest BCUT2D eigenvalue weighted by molar-refractivity contribution is 5.77. The Labute approximate surface area is 88.3 Å². The van der Waals surface area contributed by atoms with Gasteiger partial charge in [-0.05, 0) is 19.8 Å². The molecule has 0 rings (SSSR count). The number of carboxylic acid groups (broad SMARTS) is 2. The summed E-state index contributed by atoms with van der Waals surface area (Å²) >= 11 is 0. The van der Waals surface area contributed by atoms with Crippen LogP contribution in [0.5, 0.6) is 0 Å². The Hall–Kier alpha value is -1.14. The van der Waals surface area contributed by atoms with Gasteiger partial charge in [-0.2, -0.15) is 0 Å². The van der Waals surface area contributed by atoms with Crippen molar-refractivity contribution in [3.63, 3.8) is 0 Å². The minimum absolute atomic E-state index is 0.314. The predicted molar refractivity (Wildman–Crippen MR) is 54.3 cm³/mol. The molecule has 0 fully saturated rings. The molecule has 0 unspecified atom stereocenters. The Morgan fingerprint density at radius 1 is 1.33 bits per heavy atom. The zero-order valence-electron chi connectivity index (χ0n) is 8.77. The molecule has 2 atom stereocenters. The van der Waals surface area contributed by atoms with E-state index in [0.29, 0.717) is 25.7 Å². The Kier molecular flexibility index (Phi) is 5.24. The van der Waals surface area contributed by atoms with Crippen LogP contribution in [0.25, 0.3) is 0 Å². The normalized spacial score (nSPS) is 16.7. The average molecular weight is 218 g/mol. The zero-order valence-corrected chi connectivity index (χ0v) is 8.77. The van der Waals surface area contributed by atoms with Gasteiger partial charge in [0.15, 0.2) is 0 Å². The van der Waals surface area contributed by atoms with E-state index in [9.17, 15) is 9.59 Å². The van der Waals surface area contributed by atoms with Gasteiger partial charge >= 0.3 is 11.9 Å². The quantitative estimate of drug-likeness (QED) is 0.437. The Bertz CT molecular complexity index is 240. The van der Waals surface area contributed by atoms with Crippen LogP contribution in [0.1, 0.15) is 32.6 Å². The molecule has 0 radical (unpaired) electrons. The van der Waals surface area contributed by atoms with E-state index in [-0.39, 0.29) is 0 Å². The number of aliphatic carboxylic acids is 2. The second-order valence-electron chi connectivity index (χ2n) is 3.91. The average Bonchev–Trinajstić information content (AvgIpc) is 2.11. The molecule has 0 bridgehead atoms. The molecule has 0 saturated carbocycles. The maximum absolute atomic E-state index is 10.6. The van der Waals surface area contributed by atoms with Gasteiger partial charge in [0.2, 0.25) is 0 Å². The SMILES string of the molecule is C[C@](N)(CCCC[C@H](N)C(=O)O)C(=O)O. The van der Waals surface area contributed by atoms with Gasteiger partial charge in [0.1, 0.15) is 11.6 Å². The first-order valence-corrected chi connectivity index (χ1v) is 4.78. The molecule has 0 aliphatic carbocycles. The summed E-state index contributed by atoms with van der Waals surface area (Å²) in [5.74, 6) is -2.09. The Morgan fingerprint density at radius 3 is 2.27 bits per heavy atom. The van der Waals surface area contributed by atoms with Crippen molar-refractivity contribution in [3.05, 3.63) is 0 Å². The lowest BCUT2D eigenvalue weighted by Crippen LogP contribution is -2.44. The third-order valence-corrected chi connectivity index (χ3v) is 2.27. The van der Waals surface area contributed by atoms with Crippen molar-refractivity contribution in [2.75, 3.05) is 0 Å². The van der Waals surface area contributed by atoms with Crippen LogP contribution in [0.15, 0.2) is 0 Å². The number of hydrogen-bond acceptors (Lipinski definition) is 4. The van der Waals surface area contributed by atoms with E-state index >= 15 is 0 Å². The van der Waals surface area contributed by atoms with Crippen LogP contribution in [0.4, 0.5) is 0 Å². The summed E-state index contributed by atoms with van der Waals surface area (Å²) in [4.78, 5) is 21.0. The maximum atomic E-state index is 10.6. The molecule has 6 nitrogen and oxygen atoms in total. The summed E-state index contributed by atoms with van der Waals surface area (Å²) in [6, 6.07) is -0.876. The van der Waals surface area contributed by atoms with E-state index in [2.05, 4.69) is 0 Å². The number of carbonyl (C=O) groups is 2. The first-order valence-electron chi connectivity index (χ1n) is 4.78. The van der Waals surface area contributed by atoms with Crippen molar-refractivity contribution in [2.24, 2.45) is 11.5 Å². The molecule has 6 heteroatoms. The van der Waals surface area contributed by atoms with Crippen LogP contribution in [0, 0.1) is 0 Å². The molecule has 0 spiro atoms. The lowest BCUT2D eigenvalue weighted by molar-refractivity contribution is -0.143.